The summed E-state index contributed by atoms with van der Waals surface area (Å²) in [5.74, 6) is -1.22. The molecular formula is C4H6O5. The van der Waals surface area contributed by atoms with E-state index in [4.69, 9.17) is 10.2 Å². The Hall–Kier alpha value is -1.10. The van der Waals surface area contributed by atoms with Crippen molar-refractivity contribution in [1.29, 1.82) is 0 Å². The third kappa shape index (κ3) is 4.76. The van der Waals surface area contributed by atoms with Crippen LogP contribution in [0.1, 0.15) is 6.42 Å². The number of carboxylic acids is 1. The molecule has 0 amide bonds. The number of carbonyl (C=O) groups is 2. The number of aliphatic hydroxyl groups is 1. The zero-order valence-electron chi connectivity index (χ0n) is 4.48. The number of rotatable bonds is 4. The van der Waals surface area contributed by atoms with Crippen molar-refractivity contribution in [3.05, 3.63) is 0 Å². The molecule has 0 aromatic heterocycles. The van der Waals surface area contributed by atoms with Gasteiger partial charge in [0.05, 0.1) is 0 Å². The Bertz CT molecular complexity index is 110. The fourth-order valence-corrected chi connectivity index (χ4v) is 0.262. The summed E-state index contributed by atoms with van der Waals surface area (Å²) in [4.78, 5) is 19.2. The van der Waals surface area contributed by atoms with Gasteiger partial charge in [-0.2, -0.15) is 0 Å². The van der Waals surface area contributed by atoms with Crippen molar-refractivity contribution < 1.29 is 24.5 Å². The van der Waals surface area contributed by atoms with E-state index in [1.807, 2.05) is 0 Å². The second-order valence-electron chi connectivity index (χ2n) is 1.28. The summed E-state index contributed by atoms with van der Waals surface area (Å²) < 4.78 is 3.85. The van der Waals surface area contributed by atoms with Crippen LogP contribution < -0.4 is 0 Å². The summed E-state index contributed by atoms with van der Waals surface area (Å²) in [6, 6.07) is 0. The molecule has 0 saturated heterocycles. The first-order valence-corrected chi connectivity index (χ1v) is 2.15. The van der Waals surface area contributed by atoms with Gasteiger partial charge in [0.2, 0.25) is 6.29 Å². The van der Waals surface area contributed by atoms with E-state index in [1.54, 1.807) is 0 Å². The molecule has 0 unspecified atom stereocenters. The molecule has 2 N–H and O–H groups in total. The quantitative estimate of drug-likeness (QED) is 0.378. The maximum absolute atomic E-state index is 9.73. The number of aliphatic hydroxyl groups excluding tert-OH is 1. The van der Waals surface area contributed by atoms with E-state index < -0.39 is 18.7 Å². The topological polar surface area (TPSA) is 83.8 Å². The number of aliphatic carboxylic acids is 1. The Labute approximate surface area is 50.9 Å². The van der Waals surface area contributed by atoms with E-state index in [-0.39, 0.29) is 6.47 Å². The van der Waals surface area contributed by atoms with Gasteiger partial charge in [-0.3, -0.25) is 9.59 Å². The third-order valence-electron chi connectivity index (χ3n) is 0.562. The van der Waals surface area contributed by atoms with E-state index in [1.165, 1.54) is 0 Å². The van der Waals surface area contributed by atoms with Crippen molar-refractivity contribution in [1.82, 2.24) is 0 Å². The van der Waals surface area contributed by atoms with Crippen molar-refractivity contribution in [2.45, 2.75) is 12.7 Å². The summed E-state index contributed by atoms with van der Waals surface area (Å²) >= 11 is 0. The van der Waals surface area contributed by atoms with Crippen LogP contribution in [0.4, 0.5) is 0 Å². The van der Waals surface area contributed by atoms with Gasteiger partial charge in [-0.1, -0.05) is 0 Å². The highest BCUT2D eigenvalue weighted by molar-refractivity contribution is 5.67. The molecule has 0 aliphatic heterocycles. The zero-order chi connectivity index (χ0) is 7.28. The summed E-state index contributed by atoms with van der Waals surface area (Å²) in [6.07, 6.45) is -2.11. The fourth-order valence-electron chi connectivity index (χ4n) is 0.262. The molecular weight excluding hydrogens is 128 g/mol. The van der Waals surface area contributed by atoms with Crippen LogP contribution in [0.3, 0.4) is 0 Å². The zero-order valence-corrected chi connectivity index (χ0v) is 4.48. The molecule has 1 atom stereocenters. The molecule has 5 nitrogen and oxygen atoms in total. The minimum absolute atomic E-state index is 0.00634. The van der Waals surface area contributed by atoms with E-state index in [9.17, 15) is 9.59 Å². The summed E-state index contributed by atoms with van der Waals surface area (Å²) in [6.45, 7) is -0.00634. The lowest BCUT2D eigenvalue weighted by molar-refractivity contribution is -0.160. The smallest absolute Gasteiger partial charge is 0.309 e. The second-order valence-corrected chi connectivity index (χ2v) is 1.28. The van der Waals surface area contributed by atoms with Gasteiger partial charge in [0.15, 0.2) is 0 Å². The highest BCUT2D eigenvalue weighted by atomic mass is 16.6. The Kier molecular flexibility index (Phi) is 3.38. The molecule has 0 rings (SSSR count). The lowest BCUT2D eigenvalue weighted by atomic mass is 10.4. The van der Waals surface area contributed by atoms with Crippen LogP contribution in [-0.4, -0.2) is 28.9 Å². The maximum atomic E-state index is 9.73. The van der Waals surface area contributed by atoms with Crippen LogP contribution in [0.5, 0.6) is 0 Å². The Morgan fingerprint density at radius 1 is 1.78 bits per heavy atom. The van der Waals surface area contributed by atoms with Crippen LogP contribution in [0.25, 0.3) is 0 Å². The van der Waals surface area contributed by atoms with Crippen molar-refractivity contribution >= 4 is 12.4 Å². The number of ether oxygens (including phenoxy) is 1. The first-order chi connectivity index (χ1) is 4.16. The van der Waals surface area contributed by atoms with Gasteiger partial charge >= 0.3 is 5.97 Å². The van der Waals surface area contributed by atoms with Crippen LogP contribution in [0.15, 0.2) is 0 Å². The number of hydrogen-bond acceptors (Lipinski definition) is 4. The molecule has 0 aromatic rings. The van der Waals surface area contributed by atoms with Gasteiger partial charge in [0, 0.05) is 0 Å². The third-order valence-corrected chi connectivity index (χ3v) is 0.562. The molecule has 0 saturated carbocycles. The van der Waals surface area contributed by atoms with Crippen molar-refractivity contribution in [2.75, 3.05) is 0 Å². The van der Waals surface area contributed by atoms with E-state index in [2.05, 4.69) is 4.74 Å². The average Bonchev–Trinajstić information content (AvgIpc) is 1.63. The highest BCUT2D eigenvalue weighted by Crippen LogP contribution is 1.89. The van der Waals surface area contributed by atoms with E-state index in [0.717, 1.165) is 0 Å². The van der Waals surface area contributed by atoms with Gasteiger partial charge in [0.1, 0.15) is 6.42 Å². The van der Waals surface area contributed by atoms with E-state index >= 15 is 0 Å². The first-order valence-electron chi connectivity index (χ1n) is 2.15. The molecule has 52 valence electrons. The molecule has 0 spiro atoms. The van der Waals surface area contributed by atoms with Crippen LogP contribution in [0.2, 0.25) is 0 Å². The van der Waals surface area contributed by atoms with Gasteiger partial charge in [0.25, 0.3) is 6.47 Å². The average molecular weight is 134 g/mol. The fraction of sp³-hybridized carbons (Fsp3) is 0.500. The number of hydrogen-bond donors (Lipinski definition) is 2. The lowest BCUT2D eigenvalue weighted by Crippen LogP contribution is -2.15. The molecule has 0 bridgehead atoms. The molecule has 0 aliphatic carbocycles. The van der Waals surface area contributed by atoms with Crippen LogP contribution in [0, 0.1) is 0 Å². The largest absolute Gasteiger partial charge is 0.481 e. The van der Waals surface area contributed by atoms with Gasteiger partial charge < -0.3 is 14.9 Å². The van der Waals surface area contributed by atoms with Crippen molar-refractivity contribution in [3.8, 4) is 0 Å². The Balaban J connectivity index is 3.37. The first kappa shape index (κ1) is 7.90. The SMILES string of the molecule is O=CO[C@@H](O)CC(=O)O. The van der Waals surface area contributed by atoms with Gasteiger partial charge in [-0.15, -0.1) is 0 Å². The monoisotopic (exact) mass is 134 g/mol. The van der Waals surface area contributed by atoms with Crippen molar-refractivity contribution in [2.24, 2.45) is 0 Å². The normalized spacial score (nSPS) is 12.1. The van der Waals surface area contributed by atoms with E-state index in [0.29, 0.717) is 0 Å². The Morgan fingerprint density at radius 2 is 2.33 bits per heavy atom. The predicted octanol–water partition coefficient (Wildman–Crippen LogP) is -1.05. The predicted molar refractivity (Wildman–Crippen MR) is 25.4 cm³/mol. The molecule has 0 radical (unpaired) electrons. The van der Waals surface area contributed by atoms with Gasteiger partial charge in [-0.25, -0.2) is 0 Å². The maximum Gasteiger partial charge on any atom is 0.309 e. The highest BCUT2D eigenvalue weighted by Gasteiger charge is 2.07. The number of carbonyl (C=O) groups excluding carboxylic acids is 1. The molecule has 0 aliphatic rings. The van der Waals surface area contributed by atoms with Gasteiger partial charge in [-0.05, 0) is 0 Å². The number of carboxylic acid groups (broad SMARTS) is 1. The standard InChI is InChI=1S/C4H6O5/c5-2-9-4(8)1-3(6)7/h2,4,8H,1H2,(H,6,7)/t4-/m1/s1. The summed E-state index contributed by atoms with van der Waals surface area (Å²) in [5.41, 5.74) is 0. The summed E-state index contributed by atoms with van der Waals surface area (Å²) in [7, 11) is 0. The minimum Gasteiger partial charge on any atom is -0.481 e. The second kappa shape index (κ2) is 3.85. The van der Waals surface area contributed by atoms with Crippen LogP contribution >= 0.6 is 0 Å². The lowest BCUT2D eigenvalue weighted by Gasteiger charge is -2.02. The Morgan fingerprint density at radius 3 is 2.67 bits per heavy atom. The molecule has 5 heteroatoms. The molecule has 0 fully saturated rings. The van der Waals surface area contributed by atoms with Crippen molar-refractivity contribution in [3.63, 3.8) is 0 Å². The van der Waals surface area contributed by atoms with Crippen LogP contribution in [-0.2, 0) is 14.3 Å². The molecule has 9 heavy (non-hydrogen) atoms. The summed E-state index contributed by atoms with van der Waals surface area (Å²) in [5, 5.41) is 16.3. The molecule has 0 heterocycles. The minimum atomic E-state index is -1.53. The molecule has 0 aromatic carbocycles.